The number of hydrogen-bond donors (Lipinski definition) is 1. The van der Waals surface area contributed by atoms with Gasteiger partial charge in [-0.25, -0.2) is 0 Å². The first-order valence-electron chi connectivity index (χ1n) is 7.29. The number of imide groups is 1. The SMILES string of the molecule is O=C1[C@H]2C/C(=N/O)CC[C@H]2C(=O)N1C1CCCCC1. The monoisotopic (exact) mass is 264 g/mol. The molecule has 3 aliphatic rings. The molecule has 104 valence electrons. The van der Waals surface area contributed by atoms with Gasteiger partial charge in [-0.05, 0) is 25.7 Å². The third-order valence-corrected chi connectivity index (χ3v) is 4.88. The van der Waals surface area contributed by atoms with Crippen LogP contribution in [-0.2, 0) is 9.59 Å². The standard InChI is InChI=1S/C14H20N2O3/c17-13-11-7-6-9(15-19)8-12(11)14(18)16(13)10-4-2-1-3-5-10/h10-12,19H,1-8H2/b15-9+/t11-,12+/m1/s1. The zero-order valence-electron chi connectivity index (χ0n) is 11.0. The van der Waals surface area contributed by atoms with Crippen LogP contribution in [0.2, 0.25) is 0 Å². The minimum atomic E-state index is -0.269. The lowest BCUT2D eigenvalue weighted by Gasteiger charge is -2.29. The summed E-state index contributed by atoms with van der Waals surface area (Å²) in [5, 5.41) is 12.1. The van der Waals surface area contributed by atoms with Crippen LogP contribution < -0.4 is 0 Å². The van der Waals surface area contributed by atoms with Crippen molar-refractivity contribution in [1.29, 1.82) is 0 Å². The van der Waals surface area contributed by atoms with E-state index in [4.69, 9.17) is 5.21 Å². The molecule has 0 radical (unpaired) electrons. The Morgan fingerprint density at radius 2 is 1.68 bits per heavy atom. The Labute approximate surface area is 112 Å². The van der Waals surface area contributed by atoms with Crippen molar-refractivity contribution in [2.45, 2.75) is 57.4 Å². The second-order valence-electron chi connectivity index (χ2n) is 5.96. The summed E-state index contributed by atoms with van der Waals surface area (Å²) in [7, 11) is 0. The average molecular weight is 264 g/mol. The van der Waals surface area contributed by atoms with Crippen LogP contribution in [0.5, 0.6) is 0 Å². The number of rotatable bonds is 1. The molecule has 2 saturated carbocycles. The van der Waals surface area contributed by atoms with E-state index in [0.717, 1.165) is 25.7 Å². The summed E-state index contributed by atoms with van der Waals surface area (Å²) < 4.78 is 0. The lowest BCUT2D eigenvalue weighted by molar-refractivity contribution is -0.143. The number of amides is 2. The van der Waals surface area contributed by atoms with E-state index in [9.17, 15) is 9.59 Å². The van der Waals surface area contributed by atoms with Gasteiger partial charge in [0.25, 0.3) is 0 Å². The summed E-state index contributed by atoms with van der Waals surface area (Å²) in [5.74, 6) is -0.435. The Balaban J connectivity index is 1.80. The Hall–Kier alpha value is -1.39. The molecule has 1 heterocycles. The summed E-state index contributed by atoms with van der Waals surface area (Å²) in [5.41, 5.74) is 0.660. The highest BCUT2D eigenvalue weighted by Gasteiger charge is 2.51. The van der Waals surface area contributed by atoms with Crippen molar-refractivity contribution < 1.29 is 14.8 Å². The molecule has 1 aliphatic heterocycles. The molecule has 0 unspecified atom stereocenters. The van der Waals surface area contributed by atoms with E-state index in [2.05, 4.69) is 5.16 Å². The Bertz CT molecular complexity index is 426. The maximum atomic E-state index is 12.5. The number of likely N-dealkylation sites (tertiary alicyclic amines) is 1. The van der Waals surface area contributed by atoms with Crippen molar-refractivity contribution in [1.82, 2.24) is 4.90 Å². The van der Waals surface area contributed by atoms with E-state index in [-0.39, 0.29) is 29.7 Å². The van der Waals surface area contributed by atoms with Crippen molar-refractivity contribution in [2.24, 2.45) is 17.0 Å². The van der Waals surface area contributed by atoms with Gasteiger partial charge in [-0.1, -0.05) is 24.4 Å². The molecule has 5 heteroatoms. The molecular weight excluding hydrogens is 244 g/mol. The van der Waals surface area contributed by atoms with Crippen molar-refractivity contribution in [3.63, 3.8) is 0 Å². The second kappa shape index (κ2) is 4.94. The first-order valence-corrected chi connectivity index (χ1v) is 7.29. The van der Waals surface area contributed by atoms with E-state index in [1.165, 1.54) is 6.42 Å². The lowest BCUT2D eigenvalue weighted by Crippen LogP contribution is -2.41. The molecule has 3 fully saturated rings. The number of hydrogen-bond acceptors (Lipinski definition) is 4. The molecule has 1 saturated heterocycles. The van der Waals surface area contributed by atoms with Crippen molar-refractivity contribution in [3.05, 3.63) is 0 Å². The minimum absolute atomic E-state index is 0.0252. The fraction of sp³-hybridized carbons (Fsp3) is 0.786. The number of nitrogens with zero attached hydrogens (tertiary/aromatic N) is 2. The second-order valence-corrected chi connectivity index (χ2v) is 5.96. The molecule has 2 aliphatic carbocycles. The fourth-order valence-electron chi connectivity index (χ4n) is 3.83. The van der Waals surface area contributed by atoms with Crippen LogP contribution in [-0.4, -0.2) is 33.7 Å². The molecule has 5 nitrogen and oxygen atoms in total. The van der Waals surface area contributed by atoms with Gasteiger partial charge in [0.15, 0.2) is 0 Å². The first-order chi connectivity index (χ1) is 9.22. The van der Waals surface area contributed by atoms with Crippen LogP contribution in [0.25, 0.3) is 0 Å². The van der Waals surface area contributed by atoms with Crippen molar-refractivity contribution in [3.8, 4) is 0 Å². The zero-order valence-corrected chi connectivity index (χ0v) is 11.0. The van der Waals surface area contributed by atoms with Gasteiger partial charge in [-0.2, -0.15) is 0 Å². The first kappa shape index (κ1) is 12.6. The third kappa shape index (κ3) is 2.05. The molecule has 1 N–H and O–H groups in total. The molecule has 2 atom stereocenters. The number of carbonyl (C=O) groups is 2. The normalized spacial score (nSPS) is 34.9. The van der Waals surface area contributed by atoms with E-state index < -0.39 is 0 Å². The quantitative estimate of drug-likeness (QED) is 0.447. The number of carbonyl (C=O) groups excluding carboxylic acids is 2. The molecule has 0 aromatic rings. The van der Waals surface area contributed by atoms with E-state index >= 15 is 0 Å². The maximum Gasteiger partial charge on any atom is 0.233 e. The third-order valence-electron chi connectivity index (χ3n) is 4.88. The van der Waals surface area contributed by atoms with E-state index in [1.807, 2.05) is 0 Å². The van der Waals surface area contributed by atoms with Gasteiger partial charge in [0, 0.05) is 12.5 Å². The highest BCUT2D eigenvalue weighted by Crippen LogP contribution is 2.40. The van der Waals surface area contributed by atoms with Crippen LogP contribution in [0.1, 0.15) is 51.4 Å². The molecule has 0 bridgehead atoms. The molecular formula is C14H20N2O3. The van der Waals surface area contributed by atoms with Crippen LogP contribution in [0.15, 0.2) is 5.16 Å². The largest absolute Gasteiger partial charge is 0.411 e. The highest BCUT2D eigenvalue weighted by molar-refractivity contribution is 6.08. The summed E-state index contributed by atoms with van der Waals surface area (Å²) in [6.45, 7) is 0. The summed E-state index contributed by atoms with van der Waals surface area (Å²) in [6.07, 6.45) is 7.08. The summed E-state index contributed by atoms with van der Waals surface area (Å²) >= 11 is 0. The minimum Gasteiger partial charge on any atom is -0.411 e. The zero-order chi connectivity index (χ0) is 13.4. The molecule has 0 aromatic carbocycles. The Morgan fingerprint density at radius 1 is 1.00 bits per heavy atom. The molecule has 3 rings (SSSR count). The van der Waals surface area contributed by atoms with Crippen molar-refractivity contribution >= 4 is 17.5 Å². The predicted molar refractivity (Wildman–Crippen MR) is 68.8 cm³/mol. The van der Waals surface area contributed by atoms with Gasteiger partial charge in [0.1, 0.15) is 0 Å². The fourth-order valence-corrected chi connectivity index (χ4v) is 3.83. The van der Waals surface area contributed by atoms with Crippen molar-refractivity contribution in [2.75, 3.05) is 0 Å². The smallest absolute Gasteiger partial charge is 0.233 e. The van der Waals surface area contributed by atoms with Gasteiger partial charge >= 0.3 is 0 Å². The van der Waals surface area contributed by atoms with Crippen LogP contribution in [0.4, 0.5) is 0 Å². The molecule has 0 spiro atoms. The number of fused-ring (bicyclic) bond motifs is 1. The van der Waals surface area contributed by atoms with Crippen LogP contribution in [0, 0.1) is 11.8 Å². The maximum absolute atomic E-state index is 12.5. The molecule has 19 heavy (non-hydrogen) atoms. The van der Waals surface area contributed by atoms with E-state index in [0.29, 0.717) is 25.0 Å². The van der Waals surface area contributed by atoms with Crippen LogP contribution in [0.3, 0.4) is 0 Å². The van der Waals surface area contributed by atoms with Gasteiger partial charge < -0.3 is 5.21 Å². The molecule has 0 aromatic heterocycles. The van der Waals surface area contributed by atoms with Gasteiger partial charge in [-0.3, -0.25) is 14.5 Å². The predicted octanol–water partition coefficient (Wildman–Crippen LogP) is 1.93. The Kier molecular flexibility index (Phi) is 3.29. The van der Waals surface area contributed by atoms with Crippen LogP contribution >= 0.6 is 0 Å². The van der Waals surface area contributed by atoms with Gasteiger partial charge in [0.2, 0.25) is 11.8 Å². The highest BCUT2D eigenvalue weighted by atomic mass is 16.4. The lowest BCUT2D eigenvalue weighted by atomic mass is 9.80. The average Bonchev–Trinajstić information content (AvgIpc) is 2.71. The Morgan fingerprint density at radius 3 is 2.37 bits per heavy atom. The van der Waals surface area contributed by atoms with Gasteiger partial charge in [0.05, 0.1) is 17.5 Å². The summed E-state index contributed by atoms with van der Waals surface area (Å²) in [6, 6.07) is 0.119. The topological polar surface area (TPSA) is 70.0 Å². The summed E-state index contributed by atoms with van der Waals surface area (Å²) in [4.78, 5) is 26.5. The molecule has 2 amide bonds. The number of oxime groups is 1. The van der Waals surface area contributed by atoms with E-state index in [1.54, 1.807) is 4.90 Å². The van der Waals surface area contributed by atoms with Gasteiger partial charge in [-0.15, -0.1) is 0 Å².